The highest BCUT2D eigenvalue weighted by molar-refractivity contribution is 7.05. The molecule has 1 rings (SSSR count). The number of aryl methyl sites for hydroxylation is 1. The van der Waals surface area contributed by atoms with E-state index in [2.05, 4.69) is 9.36 Å². The van der Waals surface area contributed by atoms with E-state index >= 15 is 0 Å². The fraction of sp³-hybridized carbons (Fsp3) is 0.667. The van der Waals surface area contributed by atoms with Crippen molar-refractivity contribution >= 4 is 11.5 Å². The van der Waals surface area contributed by atoms with Gasteiger partial charge in [0.1, 0.15) is 10.8 Å². The Balaban J connectivity index is 2.42. The first kappa shape index (κ1) is 7.63. The van der Waals surface area contributed by atoms with Gasteiger partial charge in [0.2, 0.25) is 0 Å². The van der Waals surface area contributed by atoms with Crippen LogP contribution in [0.5, 0.6) is 0 Å². The Morgan fingerprint density at radius 2 is 2.40 bits per heavy atom. The van der Waals surface area contributed by atoms with Crippen molar-refractivity contribution in [2.75, 3.05) is 13.7 Å². The first-order valence-corrected chi connectivity index (χ1v) is 3.88. The second-order valence-corrected chi connectivity index (χ2v) is 2.93. The predicted octanol–water partition coefficient (Wildman–Crippen LogP) is 1.04. The number of rotatable bonds is 3. The molecule has 0 amide bonds. The summed E-state index contributed by atoms with van der Waals surface area (Å²) in [6.07, 6.45) is 0.820. The van der Waals surface area contributed by atoms with Crippen LogP contribution in [0, 0.1) is 6.92 Å². The average Bonchev–Trinajstić information content (AvgIpc) is 2.31. The number of hydrogen-bond acceptors (Lipinski definition) is 4. The van der Waals surface area contributed by atoms with Gasteiger partial charge in [-0.15, -0.1) is 0 Å². The first-order valence-electron chi connectivity index (χ1n) is 3.11. The minimum atomic E-state index is 0.705. The molecule has 4 heteroatoms. The van der Waals surface area contributed by atoms with Gasteiger partial charge in [0, 0.05) is 13.5 Å². The van der Waals surface area contributed by atoms with E-state index in [4.69, 9.17) is 4.74 Å². The van der Waals surface area contributed by atoms with Gasteiger partial charge in [-0.1, -0.05) is 0 Å². The van der Waals surface area contributed by atoms with Crippen molar-refractivity contribution < 1.29 is 4.74 Å². The summed E-state index contributed by atoms with van der Waals surface area (Å²) in [5, 5.41) is 1.02. The summed E-state index contributed by atoms with van der Waals surface area (Å²) in [4.78, 5) is 4.18. The van der Waals surface area contributed by atoms with Crippen molar-refractivity contribution in [3.05, 3.63) is 10.8 Å². The predicted molar refractivity (Wildman–Crippen MR) is 40.2 cm³/mol. The summed E-state index contributed by atoms with van der Waals surface area (Å²) in [5.41, 5.74) is 0. The van der Waals surface area contributed by atoms with E-state index in [-0.39, 0.29) is 0 Å². The number of hydrogen-bond donors (Lipinski definition) is 0. The molecule has 0 aliphatic carbocycles. The molecule has 0 unspecified atom stereocenters. The molecule has 0 aliphatic heterocycles. The summed E-state index contributed by atoms with van der Waals surface area (Å²) < 4.78 is 8.98. The van der Waals surface area contributed by atoms with Crippen LogP contribution in [0.1, 0.15) is 10.8 Å². The second-order valence-electron chi connectivity index (χ2n) is 1.97. The zero-order chi connectivity index (χ0) is 7.40. The smallest absolute Gasteiger partial charge is 0.144 e. The van der Waals surface area contributed by atoms with Crippen LogP contribution in [0.4, 0.5) is 0 Å². The Morgan fingerprint density at radius 1 is 1.60 bits per heavy atom. The van der Waals surface area contributed by atoms with Crippen molar-refractivity contribution in [1.29, 1.82) is 0 Å². The lowest BCUT2D eigenvalue weighted by atomic mass is 10.4. The van der Waals surface area contributed by atoms with Crippen LogP contribution in [0.2, 0.25) is 0 Å². The summed E-state index contributed by atoms with van der Waals surface area (Å²) in [5.74, 6) is 0.893. The van der Waals surface area contributed by atoms with Gasteiger partial charge < -0.3 is 4.74 Å². The highest BCUT2D eigenvalue weighted by Crippen LogP contribution is 2.02. The largest absolute Gasteiger partial charge is 0.384 e. The maximum absolute atomic E-state index is 4.88. The van der Waals surface area contributed by atoms with Gasteiger partial charge in [-0.2, -0.15) is 4.37 Å². The maximum atomic E-state index is 4.88. The van der Waals surface area contributed by atoms with Crippen LogP contribution in [0.15, 0.2) is 0 Å². The third-order valence-corrected chi connectivity index (χ3v) is 1.76. The summed E-state index contributed by atoms with van der Waals surface area (Å²) in [7, 11) is 1.68. The fourth-order valence-electron chi connectivity index (χ4n) is 0.636. The molecule has 1 aromatic rings. The van der Waals surface area contributed by atoms with Crippen LogP contribution >= 0.6 is 11.5 Å². The second kappa shape index (κ2) is 3.63. The van der Waals surface area contributed by atoms with E-state index in [0.717, 1.165) is 17.3 Å². The van der Waals surface area contributed by atoms with Gasteiger partial charge in [0.25, 0.3) is 0 Å². The van der Waals surface area contributed by atoms with E-state index in [9.17, 15) is 0 Å². The van der Waals surface area contributed by atoms with Gasteiger partial charge in [-0.3, -0.25) is 0 Å². The molecule has 1 aromatic heterocycles. The zero-order valence-electron chi connectivity index (χ0n) is 6.13. The van der Waals surface area contributed by atoms with Crippen molar-refractivity contribution in [2.45, 2.75) is 13.3 Å². The molecule has 1 heterocycles. The van der Waals surface area contributed by atoms with Crippen LogP contribution in [0.3, 0.4) is 0 Å². The highest BCUT2D eigenvalue weighted by Gasteiger charge is 1.97. The lowest BCUT2D eigenvalue weighted by molar-refractivity contribution is 0.201. The highest BCUT2D eigenvalue weighted by atomic mass is 32.1. The first-order chi connectivity index (χ1) is 4.83. The van der Waals surface area contributed by atoms with Crippen molar-refractivity contribution in [1.82, 2.24) is 9.36 Å². The molecule has 56 valence electrons. The number of ether oxygens (including phenoxy) is 1. The maximum Gasteiger partial charge on any atom is 0.144 e. The van der Waals surface area contributed by atoms with Gasteiger partial charge in [0.05, 0.1) is 6.61 Å². The van der Waals surface area contributed by atoms with E-state index in [0.29, 0.717) is 6.61 Å². The molecule has 0 fully saturated rings. The molecule has 0 N–H and O–H groups in total. The molecule has 10 heavy (non-hydrogen) atoms. The Labute approximate surface area is 64.2 Å². The Hall–Kier alpha value is -0.480. The lowest BCUT2D eigenvalue weighted by Gasteiger charge is -1.90. The SMILES string of the molecule is COCCc1nsc(C)n1. The molecule has 0 spiro atoms. The van der Waals surface area contributed by atoms with Gasteiger partial charge in [-0.25, -0.2) is 4.98 Å². The number of methoxy groups -OCH3 is 1. The minimum absolute atomic E-state index is 0.705. The van der Waals surface area contributed by atoms with Crippen LogP contribution < -0.4 is 0 Å². The molecule has 0 saturated heterocycles. The fourth-order valence-corrected chi connectivity index (χ4v) is 1.15. The molecular formula is C6H10N2OS. The van der Waals surface area contributed by atoms with Crippen LogP contribution in [0.25, 0.3) is 0 Å². The number of nitrogens with zero attached hydrogens (tertiary/aromatic N) is 2. The molecule has 3 nitrogen and oxygen atoms in total. The monoisotopic (exact) mass is 158 g/mol. The van der Waals surface area contributed by atoms with Crippen LogP contribution in [-0.4, -0.2) is 23.1 Å². The normalized spacial score (nSPS) is 10.2. The molecule has 0 atom stereocenters. The summed E-state index contributed by atoms with van der Waals surface area (Å²) in [6.45, 7) is 2.66. The Morgan fingerprint density at radius 3 is 2.90 bits per heavy atom. The van der Waals surface area contributed by atoms with Gasteiger partial charge in [0.15, 0.2) is 0 Å². The Kier molecular flexibility index (Phi) is 2.77. The van der Waals surface area contributed by atoms with E-state index in [1.54, 1.807) is 7.11 Å². The third kappa shape index (κ3) is 2.04. The molecule has 0 saturated carbocycles. The van der Waals surface area contributed by atoms with E-state index in [1.165, 1.54) is 11.5 Å². The van der Waals surface area contributed by atoms with Crippen molar-refractivity contribution in [3.63, 3.8) is 0 Å². The summed E-state index contributed by atoms with van der Waals surface area (Å²) >= 11 is 1.44. The van der Waals surface area contributed by atoms with E-state index in [1.807, 2.05) is 6.92 Å². The van der Waals surface area contributed by atoms with Crippen LogP contribution in [-0.2, 0) is 11.2 Å². The molecular weight excluding hydrogens is 148 g/mol. The van der Waals surface area contributed by atoms with Crippen molar-refractivity contribution in [3.8, 4) is 0 Å². The zero-order valence-corrected chi connectivity index (χ0v) is 6.94. The molecule has 0 aliphatic rings. The molecule has 0 bridgehead atoms. The van der Waals surface area contributed by atoms with E-state index < -0.39 is 0 Å². The molecule has 0 radical (unpaired) electrons. The van der Waals surface area contributed by atoms with Gasteiger partial charge in [-0.05, 0) is 18.5 Å². The Bertz CT molecular complexity index is 199. The average molecular weight is 158 g/mol. The third-order valence-electron chi connectivity index (χ3n) is 1.10. The van der Waals surface area contributed by atoms with Gasteiger partial charge >= 0.3 is 0 Å². The molecule has 0 aromatic carbocycles. The number of aromatic nitrogens is 2. The quantitative estimate of drug-likeness (QED) is 0.659. The summed E-state index contributed by atoms with van der Waals surface area (Å²) in [6, 6.07) is 0. The standard InChI is InChI=1S/C6H10N2OS/c1-5-7-6(8-10-5)3-4-9-2/h3-4H2,1-2H3. The minimum Gasteiger partial charge on any atom is -0.384 e. The lowest BCUT2D eigenvalue weighted by Crippen LogP contribution is -1.95. The topological polar surface area (TPSA) is 35.0 Å². The van der Waals surface area contributed by atoms with Crippen molar-refractivity contribution in [2.24, 2.45) is 0 Å².